The fraction of sp³-hybridized carbons (Fsp3) is 0.625. The zero-order chi connectivity index (χ0) is 14.8. The van der Waals surface area contributed by atoms with Crippen LogP contribution in [-0.2, 0) is 0 Å². The first-order valence-corrected chi connectivity index (χ1v) is 7.27. The third-order valence-corrected chi connectivity index (χ3v) is 4.25. The van der Waals surface area contributed by atoms with Gasteiger partial charge in [0.05, 0.1) is 11.0 Å². The highest BCUT2D eigenvalue weighted by atomic mass is 16.6. The number of nitrogens with zero attached hydrogens (tertiary/aromatic N) is 1. The van der Waals surface area contributed by atoms with E-state index in [9.17, 15) is 10.1 Å². The Balaban J connectivity index is 1.88. The second-order valence-corrected chi connectivity index (χ2v) is 6.71. The first kappa shape index (κ1) is 14.8. The van der Waals surface area contributed by atoms with Gasteiger partial charge >= 0.3 is 0 Å². The molecule has 1 aromatic carbocycles. The molecule has 1 aliphatic rings. The van der Waals surface area contributed by atoms with E-state index in [-0.39, 0.29) is 11.8 Å². The lowest BCUT2D eigenvalue weighted by molar-refractivity contribution is -0.384. The molecule has 0 atom stereocenters. The van der Waals surface area contributed by atoms with E-state index in [1.165, 1.54) is 25.0 Å². The van der Waals surface area contributed by atoms with Gasteiger partial charge in [-0.1, -0.05) is 20.8 Å². The first-order valence-electron chi connectivity index (χ1n) is 7.27. The molecule has 0 unspecified atom stereocenters. The van der Waals surface area contributed by atoms with Crippen molar-refractivity contribution in [3.05, 3.63) is 34.4 Å². The highest BCUT2D eigenvalue weighted by Crippen LogP contribution is 2.38. The summed E-state index contributed by atoms with van der Waals surface area (Å²) >= 11 is 0. The van der Waals surface area contributed by atoms with E-state index in [0.717, 1.165) is 24.5 Å². The van der Waals surface area contributed by atoms with Crippen LogP contribution < -0.4 is 4.74 Å². The van der Waals surface area contributed by atoms with Gasteiger partial charge in [0.2, 0.25) is 0 Å². The van der Waals surface area contributed by atoms with Crippen LogP contribution in [0.15, 0.2) is 24.3 Å². The normalized spacial score (nSPS) is 23.4. The summed E-state index contributed by atoms with van der Waals surface area (Å²) < 4.78 is 5.93. The molecule has 110 valence electrons. The van der Waals surface area contributed by atoms with E-state index in [0.29, 0.717) is 5.41 Å². The minimum Gasteiger partial charge on any atom is -0.490 e. The van der Waals surface area contributed by atoms with Gasteiger partial charge in [0.25, 0.3) is 5.69 Å². The molecule has 0 bridgehead atoms. The molecule has 0 amide bonds. The lowest BCUT2D eigenvalue weighted by Gasteiger charge is -2.36. The number of non-ortho nitro benzene ring substituents is 1. The van der Waals surface area contributed by atoms with Crippen molar-refractivity contribution in [2.75, 3.05) is 0 Å². The molecule has 0 heterocycles. The van der Waals surface area contributed by atoms with Crippen LogP contribution in [0.4, 0.5) is 5.69 Å². The summed E-state index contributed by atoms with van der Waals surface area (Å²) in [6.45, 7) is 6.90. The van der Waals surface area contributed by atoms with Crippen LogP contribution >= 0.6 is 0 Å². The van der Waals surface area contributed by atoms with Crippen LogP contribution in [0.1, 0.15) is 46.5 Å². The predicted molar refractivity (Wildman–Crippen MR) is 78.9 cm³/mol. The van der Waals surface area contributed by atoms with E-state index in [1.807, 2.05) is 0 Å². The minimum absolute atomic E-state index is 0.105. The molecule has 2 rings (SSSR count). The lowest BCUT2D eigenvalue weighted by atomic mass is 9.72. The van der Waals surface area contributed by atoms with Crippen molar-refractivity contribution >= 4 is 5.69 Å². The molecular weight excluding hydrogens is 254 g/mol. The lowest BCUT2D eigenvalue weighted by Crippen LogP contribution is -2.30. The predicted octanol–water partition coefficient (Wildman–Crippen LogP) is 4.58. The zero-order valence-corrected chi connectivity index (χ0v) is 12.5. The summed E-state index contributed by atoms with van der Waals surface area (Å²) in [5, 5.41) is 10.6. The Morgan fingerprint density at radius 3 is 2.10 bits per heavy atom. The minimum atomic E-state index is -0.391. The molecule has 0 radical (unpaired) electrons. The van der Waals surface area contributed by atoms with E-state index in [2.05, 4.69) is 20.8 Å². The van der Waals surface area contributed by atoms with Crippen molar-refractivity contribution in [3.63, 3.8) is 0 Å². The number of ether oxygens (including phenoxy) is 1. The summed E-state index contributed by atoms with van der Waals surface area (Å²) in [5.41, 5.74) is 0.479. The summed E-state index contributed by atoms with van der Waals surface area (Å²) in [5.74, 6) is 1.49. The van der Waals surface area contributed by atoms with Gasteiger partial charge < -0.3 is 4.74 Å². The molecule has 0 saturated heterocycles. The SMILES string of the molecule is CC(C)(C)C1CCC(Oc2ccc([N+](=O)[O-])cc2)CC1. The highest BCUT2D eigenvalue weighted by Gasteiger charge is 2.30. The van der Waals surface area contributed by atoms with Gasteiger partial charge in [-0.05, 0) is 49.1 Å². The molecule has 0 aromatic heterocycles. The van der Waals surface area contributed by atoms with Crippen molar-refractivity contribution in [3.8, 4) is 5.75 Å². The zero-order valence-electron chi connectivity index (χ0n) is 12.5. The van der Waals surface area contributed by atoms with Gasteiger partial charge in [0.15, 0.2) is 0 Å². The van der Waals surface area contributed by atoms with E-state index < -0.39 is 4.92 Å². The maximum atomic E-state index is 10.6. The fourth-order valence-corrected chi connectivity index (χ4v) is 2.89. The van der Waals surface area contributed by atoms with Crippen molar-refractivity contribution in [1.29, 1.82) is 0 Å². The Hall–Kier alpha value is -1.58. The van der Waals surface area contributed by atoms with Gasteiger partial charge in [-0.2, -0.15) is 0 Å². The van der Waals surface area contributed by atoms with Crippen LogP contribution in [0, 0.1) is 21.4 Å². The summed E-state index contributed by atoms with van der Waals surface area (Å²) in [4.78, 5) is 10.2. The second-order valence-electron chi connectivity index (χ2n) is 6.71. The fourth-order valence-electron chi connectivity index (χ4n) is 2.89. The number of nitro groups is 1. The molecule has 1 saturated carbocycles. The average molecular weight is 277 g/mol. The molecule has 0 aliphatic heterocycles. The smallest absolute Gasteiger partial charge is 0.269 e. The second kappa shape index (κ2) is 5.81. The Labute approximate surface area is 120 Å². The molecule has 1 aromatic rings. The van der Waals surface area contributed by atoms with Gasteiger partial charge in [-0.15, -0.1) is 0 Å². The molecule has 20 heavy (non-hydrogen) atoms. The number of rotatable bonds is 3. The average Bonchev–Trinajstić information content (AvgIpc) is 2.39. The largest absolute Gasteiger partial charge is 0.490 e. The standard InChI is InChI=1S/C16H23NO3/c1-16(2,3)12-4-8-14(9-5-12)20-15-10-6-13(7-11-15)17(18)19/h6-7,10-12,14H,4-5,8-9H2,1-3H3. The van der Waals surface area contributed by atoms with E-state index in [1.54, 1.807) is 12.1 Å². The van der Waals surface area contributed by atoms with Gasteiger partial charge in [-0.3, -0.25) is 10.1 Å². The Bertz CT molecular complexity index is 454. The van der Waals surface area contributed by atoms with Crippen LogP contribution in [0.25, 0.3) is 0 Å². The Morgan fingerprint density at radius 1 is 1.10 bits per heavy atom. The topological polar surface area (TPSA) is 52.4 Å². The summed E-state index contributed by atoms with van der Waals surface area (Å²) in [6.07, 6.45) is 4.77. The number of benzene rings is 1. The van der Waals surface area contributed by atoms with Gasteiger partial charge in [-0.25, -0.2) is 0 Å². The molecule has 4 heteroatoms. The highest BCUT2D eigenvalue weighted by molar-refractivity contribution is 5.36. The van der Waals surface area contributed by atoms with Gasteiger partial charge in [0.1, 0.15) is 5.75 Å². The van der Waals surface area contributed by atoms with Crippen LogP contribution in [0.3, 0.4) is 0 Å². The third kappa shape index (κ3) is 3.71. The molecule has 1 fully saturated rings. The maximum Gasteiger partial charge on any atom is 0.269 e. The molecule has 4 nitrogen and oxygen atoms in total. The van der Waals surface area contributed by atoms with E-state index in [4.69, 9.17) is 4.74 Å². The van der Waals surface area contributed by atoms with E-state index >= 15 is 0 Å². The Kier molecular flexibility index (Phi) is 4.31. The third-order valence-electron chi connectivity index (χ3n) is 4.25. The molecule has 0 N–H and O–H groups in total. The maximum absolute atomic E-state index is 10.6. The van der Waals surface area contributed by atoms with Gasteiger partial charge in [0, 0.05) is 12.1 Å². The van der Waals surface area contributed by atoms with Crippen LogP contribution in [0.2, 0.25) is 0 Å². The Morgan fingerprint density at radius 2 is 1.65 bits per heavy atom. The molecular formula is C16H23NO3. The number of hydrogen-bond donors (Lipinski definition) is 0. The number of hydrogen-bond acceptors (Lipinski definition) is 3. The van der Waals surface area contributed by atoms with Crippen molar-refractivity contribution in [2.45, 2.75) is 52.6 Å². The molecule has 0 spiro atoms. The summed E-state index contributed by atoms with van der Waals surface area (Å²) in [7, 11) is 0. The summed E-state index contributed by atoms with van der Waals surface area (Å²) in [6, 6.07) is 6.37. The van der Waals surface area contributed by atoms with Crippen molar-refractivity contribution in [1.82, 2.24) is 0 Å². The first-order chi connectivity index (χ1) is 9.36. The van der Waals surface area contributed by atoms with Crippen LogP contribution in [0.5, 0.6) is 5.75 Å². The number of nitro benzene ring substituents is 1. The molecule has 1 aliphatic carbocycles. The monoisotopic (exact) mass is 277 g/mol. The van der Waals surface area contributed by atoms with Crippen LogP contribution in [-0.4, -0.2) is 11.0 Å². The van der Waals surface area contributed by atoms with Crippen molar-refractivity contribution < 1.29 is 9.66 Å². The quantitative estimate of drug-likeness (QED) is 0.600. The van der Waals surface area contributed by atoms with Crippen molar-refractivity contribution in [2.24, 2.45) is 11.3 Å².